The average Bonchev–Trinajstić information content (AvgIpc) is 2.97. The van der Waals surface area contributed by atoms with Crippen LogP contribution in [0.15, 0.2) is 17.5 Å². The molecule has 102 valence electrons. The number of amides is 1. The molecule has 0 spiro atoms. The number of carbonyl (C=O) groups excluding carboxylic acids is 1. The number of anilines is 2. The van der Waals surface area contributed by atoms with Gasteiger partial charge in [-0.3, -0.25) is 4.79 Å². The first kappa shape index (κ1) is 13.8. The molecule has 0 atom stereocenters. The van der Waals surface area contributed by atoms with Gasteiger partial charge in [-0.25, -0.2) is 4.98 Å². The summed E-state index contributed by atoms with van der Waals surface area (Å²) < 4.78 is 0. The van der Waals surface area contributed by atoms with E-state index in [0.29, 0.717) is 17.2 Å². The molecule has 0 saturated carbocycles. The third kappa shape index (κ3) is 3.05. The molecule has 2 N–H and O–H groups in total. The van der Waals surface area contributed by atoms with E-state index in [-0.39, 0.29) is 5.91 Å². The zero-order chi connectivity index (χ0) is 14.0. The summed E-state index contributed by atoms with van der Waals surface area (Å²) in [4.78, 5) is 21.7. The summed E-state index contributed by atoms with van der Waals surface area (Å²) >= 11 is 2.95. The van der Waals surface area contributed by atoms with Crippen molar-refractivity contribution in [3.05, 3.63) is 27.3 Å². The van der Waals surface area contributed by atoms with Crippen molar-refractivity contribution < 1.29 is 4.79 Å². The first-order valence-electron chi connectivity index (χ1n) is 5.70. The monoisotopic (exact) mass is 296 g/mol. The zero-order valence-electron chi connectivity index (χ0n) is 11.1. The number of thiazole rings is 1. The van der Waals surface area contributed by atoms with E-state index in [1.165, 1.54) is 11.3 Å². The third-order valence-electron chi connectivity index (χ3n) is 2.54. The summed E-state index contributed by atoms with van der Waals surface area (Å²) in [7, 11) is 5.53. The number of hydrogen-bond donors (Lipinski definition) is 1. The van der Waals surface area contributed by atoms with E-state index in [1.54, 1.807) is 23.3 Å². The van der Waals surface area contributed by atoms with E-state index in [2.05, 4.69) is 4.98 Å². The first-order chi connectivity index (χ1) is 8.99. The third-order valence-corrected chi connectivity index (χ3v) is 4.63. The Kier molecular flexibility index (Phi) is 4.06. The molecule has 0 saturated heterocycles. The molecule has 0 aromatic carbocycles. The molecule has 1 amide bonds. The van der Waals surface area contributed by atoms with Gasteiger partial charge in [-0.15, -0.1) is 11.3 Å². The van der Waals surface area contributed by atoms with Crippen LogP contribution in [0.1, 0.15) is 14.5 Å². The Bertz CT molecular complexity index is 562. The fraction of sp³-hybridized carbons (Fsp3) is 0.333. The number of nitrogens with zero attached hydrogens (tertiary/aromatic N) is 3. The second-order valence-electron chi connectivity index (χ2n) is 4.35. The molecule has 19 heavy (non-hydrogen) atoms. The van der Waals surface area contributed by atoms with Crippen LogP contribution in [0, 0.1) is 0 Å². The second-order valence-corrected chi connectivity index (χ2v) is 6.36. The molecule has 0 radical (unpaired) electrons. The number of nitrogens with two attached hydrogens (primary N) is 1. The lowest BCUT2D eigenvalue weighted by Gasteiger charge is -2.15. The van der Waals surface area contributed by atoms with Gasteiger partial charge in [-0.05, 0) is 11.4 Å². The highest BCUT2D eigenvalue weighted by atomic mass is 32.1. The Balaban J connectivity index is 2.14. The van der Waals surface area contributed by atoms with Crippen molar-refractivity contribution in [3.8, 4) is 0 Å². The van der Waals surface area contributed by atoms with E-state index in [9.17, 15) is 4.79 Å². The summed E-state index contributed by atoms with van der Waals surface area (Å²) in [5, 5.41) is 2.74. The smallest absolute Gasteiger partial charge is 0.267 e. The van der Waals surface area contributed by atoms with Gasteiger partial charge in [0.2, 0.25) is 0 Å². The number of rotatable bonds is 4. The Morgan fingerprint density at radius 3 is 2.68 bits per heavy atom. The zero-order valence-corrected chi connectivity index (χ0v) is 12.7. The van der Waals surface area contributed by atoms with Crippen LogP contribution in [-0.2, 0) is 6.54 Å². The molecule has 0 unspecified atom stereocenters. The van der Waals surface area contributed by atoms with Crippen LogP contribution in [0.5, 0.6) is 0 Å². The van der Waals surface area contributed by atoms with Crippen molar-refractivity contribution in [1.29, 1.82) is 0 Å². The summed E-state index contributed by atoms with van der Waals surface area (Å²) in [6, 6.07) is 3.99. The van der Waals surface area contributed by atoms with Gasteiger partial charge in [0.1, 0.15) is 10.7 Å². The number of nitrogen functional groups attached to an aromatic ring is 1. The fourth-order valence-electron chi connectivity index (χ4n) is 1.55. The van der Waals surface area contributed by atoms with Crippen LogP contribution in [0.3, 0.4) is 0 Å². The summed E-state index contributed by atoms with van der Waals surface area (Å²) in [5.74, 6) is 0.216. The number of carbonyl (C=O) groups is 1. The Morgan fingerprint density at radius 2 is 2.16 bits per heavy atom. The van der Waals surface area contributed by atoms with Gasteiger partial charge in [0.25, 0.3) is 5.91 Å². The van der Waals surface area contributed by atoms with Crippen LogP contribution in [-0.4, -0.2) is 36.9 Å². The molecular formula is C12H16N4OS2. The molecule has 0 bridgehead atoms. The predicted molar refractivity (Wildman–Crippen MR) is 81.0 cm³/mol. The molecule has 7 heteroatoms. The van der Waals surface area contributed by atoms with E-state index in [1.807, 2.05) is 36.5 Å². The molecule has 0 aliphatic rings. The first-order valence-corrected chi connectivity index (χ1v) is 7.40. The standard InChI is InChI=1S/C12H16N4OS2/c1-15(2)12-14-10(13)9(19-12)11(17)16(3)7-8-5-4-6-18-8/h4-6H,7,13H2,1-3H3. The lowest BCUT2D eigenvalue weighted by atomic mass is 10.4. The minimum Gasteiger partial charge on any atom is -0.382 e. The molecule has 0 aliphatic carbocycles. The van der Waals surface area contributed by atoms with E-state index in [0.717, 1.165) is 10.0 Å². The molecule has 0 fully saturated rings. The minimum atomic E-state index is -0.0866. The molecule has 2 heterocycles. The van der Waals surface area contributed by atoms with Gasteiger partial charge in [0.05, 0.1) is 6.54 Å². The van der Waals surface area contributed by atoms with Gasteiger partial charge in [0, 0.05) is 26.0 Å². The molecular weight excluding hydrogens is 280 g/mol. The number of hydrogen-bond acceptors (Lipinski definition) is 6. The predicted octanol–water partition coefficient (Wildman–Crippen LogP) is 2.12. The maximum absolute atomic E-state index is 12.3. The molecule has 2 aromatic rings. The normalized spacial score (nSPS) is 10.5. The van der Waals surface area contributed by atoms with Gasteiger partial charge in [-0.2, -0.15) is 0 Å². The SMILES string of the molecule is CN(Cc1cccs1)C(=O)c1sc(N(C)C)nc1N. The van der Waals surface area contributed by atoms with Gasteiger partial charge >= 0.3 is 0 Å². The molecule has 2 rings (SSSR count). The maximum atomic E-state index is 12.3. The highest BCUT2D eigenvalue weighted by molar-refractivity contribution is 7.18. The van der Waals surface area contributed by atoms with Crippen molar-refractivity contribution in [2.75, 3.05) is 31.8 Å². The summed E-state index contributed by atoms with van der Waals surface area (Å²) in [5.41, 5.74) is 5.82. The number of aromatic nitrogens is 1. The largest absolute Gasteiger partial charge is 0.382 e. The molecule has 2 aromatic heterocycles. The van der Waals surface area contributed by atoms with Crippen molar-refractivity contribution in [3.63, 3.8) is 0 Å². The highest BCUT2D eigenvalue weighted by Gasteiger charge is 2.20. The van der Waals surface area contributed by atoms with Crippen LogP contribution in [0.25, 0.3) is 0 Å². The van der Waals surface area contributed by atoms with Crippen molar-refractivity contribution in [1.82, 2.24) is 9.88 Å². The molecule has 5 nitrogen and oxygen atoms in total. The fourth-order valence-corrected chi connectivity index (χ4v) is 3.21. The van der Waals surface area contributed by atoms with Gasteiger partial charge < -0.3 is 15.5 Å². The summed E-state index contributed by atoms with van der Waals surface area (Å²) in [6.07, 6.45) is 0. The Labute approximate surface area is 120 Å². The van der Waals surface area contributed by atoms with Crippen molar-refractivity contribution in [2.45, 2.75) is 6.54 Å². The topological polar surface area (TPSA) is 62.5 Å². The minimum absolute atomic E-state index is 0.0866. The van der Waals surface area contributed by atoms with Crippen molar-refractivity contribution in [2.24, 2.45) is 0 Å². The lowest BCUT2D eigenvalue weighted by molar-refractivity contribution is 0.0792. The van der Waals surface area contributed by atoms with Crippen molar-refractivity contribution >= 4 is 39.5 Å². The van der Waals surface area contributed by atoms with E-state index in [4.69, 9.17) is 5.73 Å². The van der Waals surface area contributed by atoms with Crippen LogP contribution in [0.2, 0.25) is 0 Å². The van der Waals surface area contributed by atoms with Gasteiger partial charge in [0.15, 0.2) is 5.13 Å². The van der Waals surface area contributed by atoms with Gasteiger partial charge in [-0.1, -0.05) is 17.4 Å². The highest BCUT2D eigenvalue weighted by Crippen LogP contribution is 2.28. The van der Waals surface area contributed by atoms with Crippen LogP contribution < -0.4 is 10.6 Å². The number of thiophene rings is 1. The lowest BCUT2D eigenvalue weighted by Crippen LogP contribution is -2.25. The maximum Gasteiger partial charge on any atom is 0.267 e. The molecule has 0 aliphatic heterocycles. The summed E-state index contributed by atoms with van der Waals surface area (Å²) in [6.45, 7) is 0.588. The van der Waals surface area contributed by atoms with E-state index < -0.39 is 0 Å². The van der Waals surface area contributed by atoms with E-state index >= 15 is 0 Å². The Morgan fingerprint density at radius 1 is 1.42 bits per heavy atom. The second kappa shape index (κ2) is 5.58. The quantitative estimate of drug-likeness (QED) is 0.939. The Hall–Kier alpha value is -1.60. The van der Waals surface area contributed by atoms with Crippen LogP contribution in [0.4, 0.5) is 10.9 Å². The van der Waals surface area contributed by atoms with Crippen LogP contribution >= 0.6 is 22.7 Å². The average molecular weight is 296 g/mol.